The van der Waals surface area contributed by atoms with Gasteiger partial charge >= 0.3 is 21.7 Å². The predicted octanol–water partition coefficient (Wildman–Crippen LogP) is 5.21. The van der Waals surface area contributed by atoms with Crippen molar-refractivity contribution in [3.8, 4) is 0 Å². The van der Waals surface area contributed by atoms with E-state index in [2.05, 4.69) is 13.8 Å². The summed E-state index contributed by atoms with van der Waals surface area (Å²) in [5.41, 5.74) is 0. The fourth-order valence-electron chi connectivity index (χ4n) is 2.15. The molecule has 0 aliphatic heterocycles. The zero-order valence-electron chi connectivity index (χ0n) is 14.5. The van der Waals surface area contributed by atoms with E-state index in [1.807, 2.05) is 0 Å². The molecule has 0 saturated heterocycles. The second-order valence-electron chi connectivity index (χ2n) is 5.65. The molecule has 0 spiro atoms. The molecule has 0 aromatic rings. The zero-order chi connectivity index (χ0) is 15.8. The average Bonchev–Trinajstić information content (AvgIpc) is 2.45. The van der Waals surface area contributed by atoms with Gasteiger partial charge in [-0.25, -0.2) is 0 Å². The molecule has 0 aromatic carbocycles. The van der Waals surface area contributed by atoms with Crippen molar-refractivity contribution < 1.29 is 40.2 Å². The summed E-state index contributed by atoms with van der Waals surface area (Å²) in [5.74, 6) is 0. The second kappa shape index (κ2) is 18.2. The summed E-state index contributed by atoms with van der Waals surface area (Å²) in [6.07, 6.45) is 13.3. The van der Waals surface area contributed by atoms with Gasteiger partial charge in [0.25, 0.3) is 7.82 Å². The third kappa shape index (κ3) is 18.9. The molecule has 0 amide bonds. The smallest absolute Gasteiger partial charge is 0.756 e. The topological polar surface area (TPSA) is 58.6 Å². The first-order valence-electron chi connectivity index (χ1n) is 8.72. The molecule has 0 rings (SSSR count). The summed E-state index contributed by atoms with van der Waals surface area (Å²) in [6.45, 7) is 4.86. The largest absolute Gasteiger partial charge is 1.00 e. The molecule has 0 atom stereocenters. The SMILES string of the molecule is CCCCCCCCOP(=O)([O-])OCCCCCCCC.[Ti+]. The van der Waals surface area contributed by atoms with E-state index in [9.17, 15) is 9.46 Å². The first-order chi connectivity index (χ1) is 10.1. The van der Waals surface area contributed by atoms with Gasteiger partial charge in [0.05, 0.1) is 13.2 Å². The Balaban J connectivity index is 0. The van der Waals surface area contributed by atoms with Gasteiger partial charge in [0.2, 0.25) is 0 Å². The molecule has 0 saturated carbocycles. The van der Waals surface area contributed by atoms with Crippen LogP contribution in [0.5, 0.6) is 0 Å². The number of hydrogen-bond donors (Lipinski definition) is 0. The van der Waals surface area contributed by atoms with E-state index < -0.39 is 7.82 Å². The van der Waals surface area contributed by atoms with E-state index in [0.29, 0.717) is 0 Å². The number of rotatable bonds is 16. The molecule has 1 radical (unpaired) electrons. The van der Waals surface area contributed by atoms with Gasteiger partial charge in [-0.3, -0.25) is 4.57 Å². The number of phosphoric ester groups is 1. The van der Waals surface area contributed by atoms with E-state index >= 15 is 0 Å². The van der Waals surface area contributed by atoms with E-state index in [0.717, 1.165) is 38.5 Å². The monoisotopic (exact) mass is 369 g/mol. The molecule has 0 aliphatic rings. The van der Waals surface area contributed by atoms with Crippen molar-refractivity contribution in [2.45, 2.75) is 90.9 Å². The van der Waals surface area contributed by atoms with Crippen LogP contribution in [0, 0.1) is 0 Å². The van der Waals surface area contributed by atoms with Crippen LogP contribution in [0.25, 0.3) is 0 Å². The molecule has 0 heterocycles. The summed E-state index contributed by atoms with van der Waals surface area (Å²) in [7, 11) is -4.07. The minimum atomic E-state index is -4.07. The van der Waals surface area contributed by atoms with Crippen LogP contribution < -0.4 is 4.89 Å². The maximum Gasteiger partial charge on any atom is 1.00 e. The molecule has 0 unspecified atom stereocenters. The summed E-state index contributed by atoms with van der Waals surface area (Å²) in [5, 5.41) is 0. The van der Waals surface area contributed by atoms with Crippen molar-refractivity contribution in [3.63, 3.8) is 0 Å². The van der Waals surface area contributed by atoms with Gasteiger partial charge in [-0.1, -0.05) is 78.1 Å². The van der Waals surface area contributed by atoms with Crippen molar-refractivity contribution in [1.29, 1.82) is 0 Å². The van der Waals surface area contributed by atoms with E-state index in [4.69, 9.17) is 9.05 Å². The summed E-state index contributed by atoms with van der Waals surface area (Å²) < 4.78 is 21.2. The normalized spacial score (nSPS) is 11.4. The molecule has 0 bridgehead atoms. The van der Waals surface area contributed by atoms with Crippen molar-refractivity contribution in [2.24, 2.45) is 0 Å². The van der Waals surface area contributed by atoms with Gasteiger partial charge in [0, 0.05) is 0 Å². The molecule has 0 fully saturated rings. The molecule has 22 heavy (non-hydrogen) atoms. The molecule has 0 N–H and O–H groups in total. The Morgan fingerprint density at radius 3 is 1.36 bits per heavy atom. The fraction of sp³-hybridized carbons (Fsp3) is 1.00. The Hall–Kier alpha value is 0.824. The van der Waals surface area contributed by atoms with Crippen LogP contribution in [-0.2, 0) is 35.3 Å². The van der Waals surface area contributed by atoms with Crippen LogP contribution in [0.1, 0.15) is 90.9 Å². The summed E-state index contributed by atoms with van der Waals surface area (Å²) in [4.78, 5) is 11.5. The van der Waals surface area contributed by atoms with Crippen molar-refractivity contribution in [3.05, 3.63) is 0 Å². The summed E-state index contributed by atoms with van der Waals surface area (Å²) >= 11 is 0. The minimum absolute atomic E-state index is 0. The predicted molar refractivity (Wildman–Crippen MR) is 86.3 cm³/mol. The molecular formula is C16H34O4PTi. The molecule has 131 valence electrons. The number of hydrogen-bond acceptors (Lipinski definition) is 4. The average molecular weight is 369 g/mol. The maximum atomic E-state index is 11.5. The molecular weight excluding hydrogens is 335 g/mol. The molecule has 0 aliphatic carbocycles. The van der Waals surface area contributed by atoms with Gasteiger partial charge in [-0.05, 0) is 12.8 Å². The standard InChI is InChI=1S/C16H35O4P.Ti/c1-3-5-7-9-11-13-15-19-21(17,18)20-16-14-12-10-8-6-4-2;/h3-16H2,1-2H3,(H,17,18);/q;+1/p-1. The van der Waals surface area contributed by atoms with Gasteiger partial charge in [-0.15, -0.1) is 0 Å². The first kappa shape index (κ1) is 25.1. The molecule has 4 nitrogen and oxygen atoms in total. The Bertz CT molecular complexity index is 243. The van der Waals surface area contributed by atoms with Gasteiger partial charge in [0.1, 0.15) is 0 Å². The van der Waals surface area contributed by atoms with E-state index in [1.165, 1.54) is 38.5 Å². The second-order valence-corrected chi connectivity index (χ2v) is 7.06. The Morgan fingerprint density at radius 2 is 1.00 bits per heavy atom. The van der Waals surface area contributed by atoms with Gasteiger partial charge < -0.3 is 13.9 Å². The van der Waals surface area contributed by atoms with Gasteiger partial charge in [0.15, 0.2) is 0 Å². The summed E-state index contributed by atoms with van der Waals surface area (Å²) in [6, 6.07) is 0. The Kier molecular flexibility index (Phi) is 20.7. The molecule has 0 aromatic heterocycles. The van der Waals surface area contributed by atoms with Crippen LogP contribution in [0.15, 0.2) is 0 Å². The van der Waals surface area contributed by atoms with Crippen LogP contribution in [0.4, 0.5) is 0 Å². The first-order valence-corrected chi connectivity index (χ1v) is 10.2. The van der Waals surface area contributed by atoms with Crippen molar-refractivity contribution >= 4 is 7.82 Å². The quantitative estimate of drug-likeness (QED) is 0.213. The Labute approximate surface area is 152 Å². The number of phosphoric acid groups is 1. The van der Waals surface area contributed by atoms with Crippen molar-refractivity contribution in [1.82, 2.24) is 0 Å². The van der Waals surface area contributed by atoms with Crippen LogP contribution >= 0.6 is 7.82 Å². The minimum Gasteiger partial charge on any atom is -0.756 e. The van der Waals surface area contributed by atoms with Gasteiger partial charge in [-0.2, -0.15) is 0 Å². The molecule has 6 heteroatoms. The Morgan fingerprint density at radius 1 is 0.682 bits per heavy atom. The van der Waals surface area contributed by atoms with Crippen molar-refractivity contribution in [2.75, 3.05) is 13.2 Å². The fourth-order valence-corrected chi connectivity index (χ4v) is 2.93. The van der Waals surface area contributed by atoms with E-state index in [-0.39, 0.29) is 34.9 Å². The van der Waals surface area contributed by atoms with Crippen LogP contribution in [-0.4, -0.2) is 13.2 Å². The third-order valence-electron chi connectivity index (χ3n) is 3.49. The van der Waals surface area contributed by atoms with E-state index in [1.54, 1.807) is 0 Å². The van der Waals surface area contributed by atoms with Crippen LogP contribution in [0.3, 0.4) is 0 Å². The van der Waals surface area contributed by atoms with Crippen LogP contribution in [0.2, 0.25) is 0 Å². The maximum absolute atomic E-state index is 11.5. The zero-order valence-corrected chi connectivity index (χ0v) is 16.9. The number of unbranched alkanes of at least 4 members (excludes halogenated alkanes) is 10. The third-order valence-corrected chi connectivity index (χ3v) is 4.49.